The topological polar surface area (TPSA) is 94.8 Å². The highest BCUT2D eigenvalue weighted by molar-refractivity contribution is 6.08. The lowest BCUT2D eigenvalue weighted by atomic mass is 9.35. The fraction of sp³-hybridized carbons (Fsp3) is 0.724. The van der Waals surface area contributed by atoms with E-state index in [0.29, 0.717) is 18.4 Å². The van der Waals surface area contributed by atoms with Crippen molar-refractivity contribution in [1.29, 1.82) is 0 Å². The molecule has 3 fully saturated rings. The van der Waals surface area contributed by atoms with Gasteiger partial charge in [-0.25, -0.2) is 0 Å². The van der Waals surface area contributed by atoms with Crippen LogP contribution in [0.15, 0.2) is 34.6 Å². The maximum Gasteiger partial charge on any atom is 0.310 e. The third-order valence-corrected chi connectivity index (χ3v) is 11.9. The van der Waals surface area contributed by atoms with E-state index < -0.39 is 28.3 Å². The molecule has 5 heteroatoms. The van der Waals surface area contributed by atoms with Gasteiger partial charge in [0.25, 0.3) is 0 Å². The zero-order valence-corrected chi connectivity index (χ0v) is 21.5. The second kappa shape index (κ2) is 6.87. The van der Waals surface area contributed by atoms with Crippen molar-refractivity contribution in [2.24, 2.45) is 39.4 Å². The molecule has 186 valence electrons. The van der Waals surface area contributed by atoms with E-state index in [2.05, 4.69) is 33.8 Å². The van der Waals surface area contributed by atoms with Crippen LogP contribution in [0.3, 0.4) is 0 Å². The van der Waals surface area contributed by atoms with Crippen LogP contribution in [0.4, 0.5) is 0 Å². The molecule has 0 saturated heterocycles. The number of hydrogen-bond donors (Lipinski definition) is 3. The first kappa shape index (κ1) is 23.8. The van der Waals surface area contributed by atoms with E-state index in [0.717, 1.165) is 43.3 Å². The van der Waals surface area contributed by atoms with Crippen molar-refractivity contribution in [3.8, 4) is 0 Å². The molecule has 0 aromatic carbocycles. The van der Waals surface area contributed by atoms with Crippen molar-refractivity contribution < 1.29 is 24.9 Å². The molecule has 2 unspecified atom stereocenters. The van der Waals surface area contributed by atoms with Crippen molar-refractivity contribution in [2.45, 2.75) is 92.1 Å². The lowest BCUT2D eigenvalue weighted by molar-refractivity contribution is -0.192. The summed E-state index contributed by atoms with van der Waals surface area (Å²) in [5, 5.41) is 32.8. The molecule has 0 radical (unpaired) electrons. The molecular weight excluding hydrogens is 428 g/mol. The highest BCUT2D eigenvalue weighted by atomic mass is 16.4. The molecule has 8 atom stereocenters. The summed E-state index contributed by atoms with van der Waals surface area (Å²) in [5.41, 5.74) is 0.161. The molecule has 5 nitrogen and oxygen atoms in total. The predicted molar refractivity (Wildman–Crippen MR) is 130 cm³/mol. The molecule has 3 N–H and O–H groups in total. The maximum atomic E-state index is 12.8. The Balaban J connectivity index is 1.69. The summed E-state index contributed by atoms with van der Waals surface area (Å²) in [6.45, 7) is 12.6. The fourth-order valence-corrected chi connectivity index (χ4v) is 9.44. The van der Waals surface area contributed by atoms with E-state index >= 15 is 0 Å². The van der Waals surface area contributed by atoms with Gasteiger partial charge in [0.1, 0.15) is 0 Å². The van der Waals surface area contributed by atoms with E-state index in [1.54, 1.807) is 6.08 Å². The molecule has 0 bridgehead atoms. The molecule has 5 aliphatic carbocycles. The summed E-state index contributed by atoms with van der Waals surface area (Å²) in [4.78, 5) is 25.3. The SMILES string of the molecule is CC1=C2CC[C@]3(C)C(CC=C4[C@H]5C(C(=O)O)(CC[C@@H](C)[C@@]5(C)O)CC[C@]43C)[C@@]2(C)C=C(O)C1=O. The third-order valence-electron chi connectivity index (χ3n) is 11.9. The molecule has 5 aliphatic rings. The summed E-state index contributed by atoms with van der Waals surface area (Å²) >= 11 is 0. The molecule has 0 aliphatic heterocycles. The van der Waals surface area contributed by atoms with Crippen LogP contribution < -0.4 is 0 Å². The summed E-state index contributed by atoms with van der Waals surface area (Å²) in [6, 6.07) is 0. The van der Waals surface area contributed by atoms with Gasteiger partial charge in [-0.2, -0.15) is 0 Å². The zero-order valence-electron chi connectivity index (χ0n) is 21.5. The van der Waals surface area contributed by atoms with Crippen LogP contribution in [-0.2, 0) is 9.59 Å². The average molecular weight is 469 g/mol. The van der Waals surface area contributed by atoms with Crippen molar-refractivity contribution in [3.05, 3.63) is 34.6 Å². The van der Waals surface area contributed by atoms with Crippen LogP contribution in [0, 0.1) is 39.4 Å². The number of aliphatic carboxylic acids is 1. The first-order valence-corrected chi connectivity index (χ1v) is 13.0. The molecule has 0 aromatic heterocycles. The van der Waals surface area contributed by atoms with Crippen molar-refractivity contribution in [2.75, 3.05) is 0 Å². The number of aliphatic hydroxyl groups is 2. The normalized spacial score (nSPS) is 50.3. The second-order valence-electron chi connectivity index (χ2n) is 13.0. The van der Waals surface area contributed by atoms with Crippen molar-refractivity contribution in [1.82, 2.24) is 0 Å². The number of fused-ring (bicyclic) bond motifs is 7. The fourth-order valence-electron chi connectivity index (χ4n) is 9.44. The number of ketones is 1. The Bertz CT molecular complexity index is 1080. The Morgan fingerprint density at radius 2 is 1.76 bits per heavy atom. The van der Waals surface area contributed by atoms with Crippen molar-refractivity contribution in [3.63, 3.8) is 0 Å². The van der Waals surface area contributed by atoms with Crippen LogP contribution >= 0.6 is 0 Å². The maximum absolute atomic E-state index is 12.8. The Morgan fingerprint density at radius 3 is 2.41 bits per heavy atom. The number of hydrogen-bond acceptors (Lipinski definition) is 4. The minimum Gasteiger partial charge on any atom is -0.504 e. The summed E-state index contributed by atoms with van der Waals surface area (Å²) < 4.78 is 0. The Hall–Kier alpha value is -1.88. The zero-order chi connectivity index (χ0) is 25.1. The molecule has 3 saturated carbocycles. The molecular formula is C29H40O5. The molecule has 0 spiro atoms. The van der Waals surface area contributed by atoms with Crippen LogP contribution in [0.25, 0.3) is 0 Å². The van der Waals surface area contributed by atoms with Gasteiger partial charge in [0.15, 0.2) is 5.76 Å². The van der Waals surface area contributed by atoms with Crippen LogP contribution in [0.5, 0.6) is 0 Å². The average Bonchev–Trinajstić information content (AvgIpc) is 2.75. The summed E-state index contributed by atoms with van der Waals surface area (Å²) in [6.07, 6.45) is 9.21. The van der Waals surface area contributed by atoms with Crippen molar-refractivity contribution >= 4 is 11.8 Å². The lowest BCUT2D eigenvalue weighted by Crippen LogP contribution is -2.66. The van der Waals surface area contributed by atoms with E-state index in [4.69, 9.17) is 0 Å². The van der Waals surface area contributed by atoms with Gasteiger partial charge in [-0.05, 0) is 87.5 Å². The number of aliphatic hydroxyl groups excluding tert-OH is 1. The van der Waals surface area contributed by atoms with E-state index in [-0.39, 0.29) is 34.2 Å². The molecule has 0 amide bonds. The Labute approximate surface area is 203 Å². The van der Waals surface area contributed by atoms with E-state index in [1.807, 2.05) is 13.8 Å². The standard InChI is InChI=1S/C29H40O5/c1-16-9-12-29(24(32)33)14-13-26(4)19(23(29)28(16,6)34)7-8-21-25(3)15-20(30)22(31)17(2)18(25)10-11-27(21,26)5/h7,15-16,21,23,30,34H,8-14H2,1-6H3,(H,32,33)/t16-,21?,23-,25+,26-,27-,28-,29?/m1/s1. The number of carbonyl (C=O) groups excluding carboxylic acids is 1. The number of carboxylic acid groups (broad SMARTS) is 1. The summed E-state index contributed by atoms with van der Waals surface area (Å²) in [5.74, 6) is -1.36. The largest absolute Gasteiger partial charge is 0.504 e. The van der Waals surface area contributed by atoms with Gasteiger partial charge in [-0.3, -0.25) is 9.59 Å². The minimum atomic E-state index is -1.08. The number of Topliss-reactive ketones (excluding diaryl/α,β-unsaturated/α-hetero) is 1. The number of rotatable bonds is 1. The Morgan fingerprint density at radius 1 is 1.09 bits per heavy atom. The van der Waals surface area contributed by atoms with Crippen LogP contribution in [0.1, 0.15) is 86.5 Å². The third kappa shape index (κ3) is 2.55. The van der Waals surface area contributed by atoms with Gasteiger partial charge < -0.3 is 15.3 Å². The molecule has 34 heavy (non-hydrogen) atoms. The second-order valence-corrected chi connectivity index (χ2v) is 13.0. The number of carboxylic acids is 1. The first-order chi connectivity index (χ1) is 15.7. The molecule has 5 rings (SSSR count). The smallest absolute Gasteiger partial charge is 0.310 e. The van der Waals surface area contributed by atoms with Crippen LogP contribution in [-0.4, -0.2) is 32.7 Å². The first-order valence-electron chi connectivity index (χ1n) is 13.0. The summed E-state index contributed by atoms with van der Waals surface area (Å²) in [7, 11) is 0. The minimum absolute atomic E-state index is 0.0315. The lowest BCUT2D eigenvalue weighted by Gasteiger charge is -2.69. The number of carbonyl (C=O) groups is 2. The quantitative estimate of drug-likeness (QED) is 0.426. The predicted octanol–water partition coefficient (Wildman–Crippen LogP) is 5.75. The molecule has 0 heterocycles. The van der Waals surface area contributed by atoms with Gasteiger partial charge in [-0.15, -0.1) is 0 Å². The van der Waals surface area contributed by atoms with E-state index in [1.165, 1.54) is 0 Å². The van der Waals surface area contributed by atoms with E-state index in [9.17, 15) is 24.9 Å². The van der Waals surface area contributed by atoms with Gasteiger partial charge in [-0.1, -0.05) is 44.9 Å². The van der Waals surface area contributed by atoms with Gasteiger partial charge in [0.2, 0.25) is 5.78 Å². The number of allylic oxidation sites excluding steroid dienone is 4. The van der Waals surface area contributed by atoms with Gasteiger partial charge in [0, 0.05) is 16.9 Å². The Kier molecular flexibility index (Phi) is 4.82. The van der Waals surface area contributed by atoms with Gasteiger partial charge >= 0.3 is 5.97 Å². The monoisotopic (exact) mass is 468 g/mol. The van der Waals surface area contributed by atoms with Crippen LogP contribution in [0.2, 0.25) is 0 Å². The highest BCUT2D eigenvalue weighted by Crippen LogP contribution is 2.74. The highest BCUT2D eigenvalue weighted by Gasteiger charge is 2.69. The molecule has 0 aromatic rings. The van der Waals surface area contributed by atoms with Gasteiger partial charge in [0.05, 0.1) is 11.0 Å².